The summed E-state index contributed by atoms with van der Waals surface area (Å²) in [6.07, 6.45) is 0. The van der Waals surface area contributed by atoms with Crippen LogP contribution in [-0.2, 0) is 9.53 Å². The molecule has 0 aliphatic carbocycles. The van der Waals surface area contributed by atoms with Crippen molar-refractivity contribution in [3.05, 3.63) is 41.6 Å². The van der Waals surface area contributed by atoms with Gasteiger partial charge in [0.25, 0.3) is 0 Å². The Labute approximate surface area is 91.9 Å². The zero-order valence-corrected chi connectivity index (χ0v) is 8.86. The number of benzene rings is 1. The maximum atomic E-state index is 12.6. The van der Waals surface area contributed by atoms with E-state index in [1.807, 2.05) is 0 Å². The van der Waals surface area contributed by atoms with Crippen molar-refractivity contribution in [1.29, 1.82) is 0 Å². The molecule has 1 rings (SSSR count). The van der Waals surface area contributed by atoms with Gasteiger partial charge in [0.15, 0.2) is 0 Å². The largest absolute Gasteiger partial charge is 0.497 e. The zero-order valence-electron chi connectivity index (χ0n) is 8.86. The van der Waals surface area contributed by atoms with E-state index in [4.69, 9.17) is 14.6 Å². The first-order chi connectivity index (χ1) is 7.54. The highest BCUT2D eigenvalue weighted by Gasteiger charge is 2.15. The Hall–Kier alpha value is -2.04. The first-order valence-electron chi connectivity index (χ1n) is 4.46. The van der Waals surface area contributed by atoms with Crippen LogP contribution in [0.25, 0.3) is 0 Å². The molecule has 0 bridgehead atoms. The summed E-state index contributed by atoms with van der Waals surface area (Å²) in [5.41, 5.74) is 0. The van der Waals surface area contributed by atoms with Crippen LogP contribution >= 0.6 is 0 Å². The topological polar surface area (TPSA) is 55.8 Å². The van der Waals surface area contributed by atoms with E-state index in [9.17, 15) is 9.18 Å². The van der Waals surface area contributed by atoms with Crippen LogP contribution in [0.4, 0.5) is 4.39 Å². The molecule has 16 heavy (non-hydrogen) atoms. The summed E-state index contributed by atoms with van der Waals surface area (Å²) in [7, 11) is 1.34. The Morgan fingerprint density at radius 2 is 1.88 bits per heavy atom. The van der Waals surface area contributed by atoms with Gasteiger partial charge in [0.1, 0.15) is 17.3 Å². The molecule has 0 unspecified atom stereocenters. The summed E-state index contributed by atoms with van der Waals surface area (Å²) in [6, 6.07) is 5.02. The average molecular weight is 226 g/mol. The number of halogens is 1. The molecule has 1 aromatic carbocycles. The zero-order chi connectivity index (χ0) is 12.1. The number of allylic oxidation sites excluding steroid dienone is 1. The molecule has 0 aromatic heterocycles. The normalized spacial score (nSPS) is 11.7. The van der Waals surface area contributed by atoms with Gasteiger partial charge in [-0.2, -0.15) is 0 Å². The van der Waals surface area contributed by atoms with Crippen LogP contribution in [0.3, 0.4) is 0 Å². The predicted octanol–water partition coefficient (Wildman–Crippen LogP) is 2.17. The third-order valence-corrected chi connectivity index (χ3v) is 1.85. The summed E-state index contributed by atoms with van der Waals surface area (Å²) >= 11 is 0. The number of carboxylic acid groups (broad SMARTS) is 1. The average Bonchev–Trinajstić information content (AvgIpc) is 2.27. The van der Waals surface area contributed by atoms with Gasteiger partial charge in [-0.15, -0.1) is 0 Å². The van der Waals surface area contributed by atoms with Crippen molar-refractivity contribution in [1.82, 2.24) is 0 Å². The van der Waals surface area contributed by atoms with E-state index in [-0.39, 0.29) is 17.3 Å². The maximum Gasteiger partial charge on any atom is 0.375 e. The fraction of sp³-hybridized carbons (Fsp3) is 0.182. The van der Waals surface area contributed by atoms with Gasteiger partial charge in [-0.25, -0.2) is 9.18 Å². The van der Waals surface area contributed by atoms with Crippen LogP contribution in [-0.4, -0.2) is 18.2 Å². The van der Waals surface area contributed by atoms with Gasteiger partial charge >= 0.3 is 5.97 Å². The molecule has 0 aliphatic rings. The number of hydrogen-bond acceptors (Lipinski definition) is 3. The van der Waals surface area contributed by atoms with Crippen LogP contribution in [0, 0.1) is 5.82 Å². The van der Waals surface area contributed by atoms with Crippen LogP contribution in [0.5, 0.6) is 5.75 Å². The minimum atomic E-state index is -1.25. The van der Waals surface area contributed by atoms with E-state index in [1.54, 1.807) is 0 Å². The number of carboxylic acids is 1. The van der Waals surface area contributed by atoms with Gasteiger partial charge in [-0.1, -0.05) is 0 Å². The van der Waals surface area contributed by atoms with E-state index in [0.29, 0.717) is 0 Å². The van der Waals surface area contributed by atoms with Crippen LogP contribution < -0.4 is 4.74 Å². The Bertz CT molecular complexity index is 408. The molecule has 4 nitrogen and oxygen atoms in total. The molecule has 0 fully saturated rings. The van der Waals surface area contributed by atoms with E-state index in [0.717, 1.165) is 0 Å². The number of carbonyl (C=O) groups is 1. The van der Waals surface area contributed by atoms with Crippen molar-refractivity contribution in [2.45, 2.75) is 6.92 Å². The lowest BCUT2D eigenvalue weighted by Crippen LogP contribution is -2.11. The lowest BCUT2D eigenvalue weighted by molar-refractivity contribution is -0.135. The van der Waals surface area contributed by atoms with Gasteiger partial charge in [-0.05, 0) is 31.2 Å². The smallest absolute Gasteiger partial charge is 0.375 e. The van der Waals surface area contributed by atoms with Crippen molar-refractivity contribution in [3.8, 4) is 5.75 Å². The Balaban J connectivity index is 2.93. The van der Waals surface area contributed by atoms with Gasteiger partial charge in [-0.3, -0.25) is 0 Å². The standard InChI is InChI=1S/C11H11FO4/c1-7(15-2)10(11(13)14)16-9-5-3-8(12)4-6-9/h3-6H,1-2H3,(H,13,14). The first kappa shape index (κ1) is 12.0. The SMILES string of the molecule is COC(C)=C(Oc1ccc(F)cc1)C(=O)O. The molecule has 5 heteroatoms. The van der Waals surface area contributed by atoms with E-state index < -0.39 is 11.8 Å². The molecule has 0 amide bonds. The summed E-state index contributed by atoms with van der Waals surface area (Å²) < 4.78 is 22.4. The molecule has 0 heterocycles. The maximum absolute atomic E-state index is 12.6. The molecule has 0 spiro atoms. The number of hydrogen-bond donors (Lipinski definition) is 1. The second-order valence-corrected chi connectivity index (χ2v) is 2.95. The third-order valence-electron chi connectivity index (χ3n) is 1.85. The molecule has 0 radical (unpaired) electrons. The number of methoxy groups -OCH3 is 1. The molecule has 0 atom stereocenters. The van der Waals surface area contributed by atoms with E-state index in [1.165, 1.54) is 38.3 Å². The quantitative estimate of drug-likeness (QED) is 0.631. The molecule has 0 saturated heterocycles. The van der Waals surface area contributed by atoms with Gasteiger partial charge in [0.05, 0.1) is 7.11 Å². The van der Waals surface area contributed by atoms with Crippen molar-refractivity contribution in [2.75, 3.05) is 7.11 Å². The van der Waals surface area contributed by atoms with Crippen LogP contribution in [0.15, 0.2) is 35.8 Å². The molecule has 86 valence electrons. The minimum Gasteiger partial charge on any atom is -0.497 e. The minimum absolute atomic E-state index is 0.136. The van der Waals surface area contributed by atoms with Crippen molar-refractivity contribution in [3.63, 3.8) is 0 Å². The van der Waals surface area contributed by atoms with Crippen molar-refractivity contribution in [2.24, 2.45) is 0 Å². The van der Waals surface area contributed by atoms with Crippen molar-refractivity contribution >= 4 is 5.97 Å². The molecule has 1 N–H and O–H groups in total. The fourth-order valence-corrected chi connectivity index (χ4v) is 0.979. The summed E-state index contributed by atoms with van der Waals surface area (Å²) in [5.74, 6) is -1.62. The van der Waals surface area contributed by atoms with Gasteiger partial charge in [0, 0.05) is 0 Å². The van der Waals surface area contributed by atoms with E-state index in [2.05, 4.69) is 0 Å². The Morgan fingerprint density at radius 1 is 1.31 bits per heavy atom. The van der Waals surface area contributed by atoms with E-state index >= 15 is 0 Å². The second-order valence-electron chi connectivity index (χ2n) is 2.95. The molecular weight excluding hydrogens is 215 g/mol. The lowest BCUT2D eigenvalue weighted by Gasteiger charge is -2.08. The first-order valence-corrected chi connectivity index (χ1v) is 4.46. The molecule has 1 aromatic rings. The van der Waals surface area contributed by atoms with Crippen LogP contribution in [0.1, 0.15) is 6.92 Å². The predicted molar refractivity (Wildman–Crippen MR) is 54.4 cm³/mol. The number of aliphatic carboxylic acids is 1. The van der Waals surface area contributed by atoms with Crippen LogP contribution in [0.2, 0.25) is 0 Å². The van der Waals surface area contributed by atoms with Crippen molar-refractivity contribution < 1.29 is 23.8 Å². The summed E-state index contributed by atoms with van der Waals surface area (Å²) in [4.78, 5) is 10.8. The third kappa shape index (κ3) is 2.98. The second kappa shape index (κ2) is 5.16. The summed E-state index contributed by atoms with van der Waals surface area (Å²) in [5, 5.41) is 8.85. The number of ether oxygens (including phenoxy) is 2. The molecule has 0 aliphatic heterocycles. The monoisotopic (exact) mass is 226 g/mol. The fourth-order valence-electron chi connectivity index (χ4n) is 0.979. The number of rotatable bonds is 4. The highest BCUT2D eigenvalue weighted by Crippen LogP contribution is 2.16. The summed E-state index contributed by atoms with van der Waals surface area (Å²) in [6.45, 7) is 1.47. The highest BCUT2D eigenvalue weighted by atomic mass is 19.1. The van der Waals surface area contributed by atoms with Gasteiger partial charge < -0.3 is 14.6 Å². The Kier molecular flexibility index (Phi) is 3.88. The van der Waals surface area contributed by atoms with Gasteiger partial charge in [0.2, 0.25) is 5.76 Å². The molecular formula is C11H11FO4. The molecule has 0 saturated carbocycles. The highest BCUT2D eigenvalue weighted by molar-refractivity contribution is 5.85. The lowest BCUT2D eigenvalue weighted by atomic mass is 10.3. The Morgan fingerprint density at radius 3 is 2.31 bits per heavy atom.